The average molecular weight is 1000 g/mol. The van der Waals surface area contributed by atoms with E-state index in [2.05, 4.69) is 98.8 Å². The van der Waals surface area contributed by atoms with E-state index in [9.17, 15) is 38.2 Å². The van der Waals surface area contributed by atoms with E-state index in [4.69, 9.17) is 14.5 Å². The average Bonchev–Trinajstić information content (AvgIpc) is 3.51. The Kier molecular flexibility index (Phi) is 11.8. The van der Waals surface area contributed by atoms with Gasteiger partial charge in [-0.2, -0.15) is 8.62 Å². The lowest BCUT2D eigenvalue weighted by molar-refractivity contribution is -0.0449. The number of phosphoric acid groups is 3. The van der Waals surface area contributed by atoms with Gasteiger partial charge in [-0.1, -0.05) is 12.1 Å². The van der Waals surface area contributed by atoms with E-state index in [1.54, 1.807) is 0 Å². The zero-order valence-electron chi connectivity index (χ0n) is 22.1. The van der Waals surface area contributed by atoms with Crippen molar-refractivity contribution in [2.24, 2.45) is 0 Å². The van der Waals surface area contributed by atoms with Gasteiger partial charge in [0, 0.05) is 25.1 Å². The van der Waals surface area contributed by atoms with Crippen LogP contribution < -0.4 is 11.2 Å². The topological polar surface area (TPSA) is 275 Å². The molecule has 6 N–H and O–H groups in total. The van der Waals surface area contributed by atoms with E-state index in [-0.39, 0.29) is 17.7 Å². The normalized spacial score (nSPS) is 21.5. The van der Waals surface area contributed by atoms with Crippen LogP contribution in [0.15, 0.2) is 35.4 Å². The van der Waals surface area contributed by atoms with Crippen LogP contribution in [0.4, 0.5) is 0 Å². The molecule has 3 unspecified atom stereocenters. The molecule has 1 aliphatic rings. The van der Waals surface area contributed by atoms with Gasteiger partial charge in [0.25, 0.3) is 5.56 Å². The molecule has 1 aliphatic heterocycles. The highest BCUT2D eigenvalue weighted by molar-refractivity contribution is 14.1. The Morgan fingerprint density at radius 3 is 2.36 bits per heavy atom. The molecule has 0 spiro atoms. The third-order valence-corrected chi connectivity index (χ3v) is 14.8. The number of rotatable bonds is 11. The van der Waals surface area contributed by atoms with Gasteiger partial charge in [-0.3, -0.25) is 18.9 Å². The van der Waals surface area contributed by atoms with E-state index < -0.39 is 59.8 Å². The molecule has 0 aliphatic carbocycles. The lowest BCUT2D eigenvalue weighted by Crippen LogP contribution is -2.33. The number of ether oxygens (including phenoxy) is 1. The summed E-state index contributed by atoms with van der Waals surface area (Å²) in [5, 5.41) is 18.7. The number of benzene rings is 1. The minimum atomic E-state index is -5.76. The van der Waals surface area contributed by atoms with Crippen LogP contribution in [0.3, 0.4) is 0 Å². The molecule has 1 aromatic carbocycles. The van der Waals surface area contributed by atoms with Crippen LogP contribution in [-0.2, 0) is 38.0 Å². The molecular formula is C19H20Br3IN5O14P3. The third kappa shape index (κ3) is 8.77. The van der Waals surface area contributed by atoms with E-state index in [1.165, 1.54) is 10.9 Å². The Hall–Kier alpha value is -0.460. The number of H-pyrrole nitrogens is 1. The van der Waals surface area contributed by atoms with E-state index in [1.807, 2.05) is 6.92 Å². The first-order chi connectivity index (χ1) is 20.7. The summed E-state index contributed by atoms with van der Waals surface area (Å²) in [6, 6.07) is 0. The van der Waals surface area contributed by atoms with Crippen molar-refractivity contribution < 1.29 is 56.3 Å². The first-order valence-electron chi connectivity index (χ1n) is 12.0. The van der Waals surface area contributed by atoms with Gasteiger partial charge in [0.15, 0.2) is 0 Å². The smallest absolute Gasteiger partial charge is 0.390 e. The van der Waals surface area contributed by atoms with Gasteiger partial charge >= 0.3 is 29.2 Å². The summed E-state index contributed by atoms with van der Waals surface area (Å²) in [7, 11) is -16.8. The Bertz CT molecular complexity index is 1900. The predicted octanol–water partition coefficient (Wildman–Crippen LogP) is 3.23. The molecule has 3 aromatic rings. The van der Waals surface area contributed by atoms with Crippen molar-refractivity contribution in [3.05, 3.63) is 55.8 Å². The van der Waals surface area contributed by atoms with Crippen molar-refractivity contribution in [2.45, 2.75) is 38.2 Å². The number of phosphoric ester groups is 1. The summed E-state index contributed by atoms with van der Waals surface area (Å²) in [6.45, 7) is 1.03. The Morgan fingerprint density at radius 1 is 1.07 bits per heavy atom. The van der Waals surface area contributed by atoms with E-state index in [0.29, 0.717) is 16.6 Å². The quantitative estimate of drug-likeness (QED) is 0.0697. The van der Waals surface area contributed by atoms with Crippen molar-refractivity contribution in [1.82, 2.24) is 24.5 Å². The summed E-state index contributed by atoms with van der Waals surface area (Å²) >= 11 is 12.9. The van der Waals surface area contributed by atoms with Gasteiger partial charge in [-0.05, 0) is 82.4 Å². The van der Waals surface area contributed by atoms with Crippen LogP contribution in [0, 0.1) is 3.57 Å². The predicted molar refractivity (Wildman–Crippen MR) is 171 cm³/mol. The molecule has 0 amide bonds. The van der Waals surface area contributed by atoms with Crippen molar-refractivity contribution >= 4 is 93.8 Å². The molecule has 0 saturated carbocycles. The number of aliphatic hydroxyl groups is 1. The Balaban J connectivity index is 1.56. The molecule has 0 radical (unpaired) electrons. The Morgan fingerprint density at radius 2 is 1.73 bits per heavy atom. The van der Waals surface area contributed by atoms with Crippen molar-refractivity contribution in [2.75, 3.05) is 6.61 Å². The molecule has 248 valence electrons. The van der Waals surface area contributed by atoms with Crippen molar-refractivity contribution in [1.29, 1.82) is 0 Å². The second-order valence-electron chi connectivity index (χ2n) is 9.01. The van der Waals surface area contributed by atoms with Gasteiger partial charge < -0.3 is 29.4 Å². The molecule has 4 rings (SSSR count). The first kappa shape index (κ1) is 37.4. The summed E-state index contributed by atoms with van der Waals surface area (Å²) in [6.07, 6.45) is -1.08. The maximum absolute atomic E-state index is 12.8. The molecule has 2 aromatic heterocycles. The van der Waals surface area contributed by atoms with Gasteiger partial charge in [0.1, 0.15) is 18.0 Å². The molecule has 19 nitrogen and oxygen atoms in total. The van der Waals surface area contributed by atoms with Crippen LogP contribution >= 0.6 is 93.8 Å². The van der Waals surface area contributed by atoms with E-state index >= 15 is 0 Å². The fourth-order valence-electron chi connectivity index (χ4n) is 4.06. The van der Waals surface area contributed by atoms with E-state index in [0.717, 1.165) is 28.8 Å². The zero-order valence-corrected chi connectivity index (χ0v) is 31.7. The lowest BCUT2D eigenvalue weighted by atomic mass is 10.1. The number of nitrogens with zero attached hydrogens (tertiary/aromatic N) is 4. The summed E-state index contributed by atoms with van der Waals surface area (Å²) in [4.78, 5) is 63.8. The molecule has 0 bridgehead atoms. The highest BCUT2D eigenvalue weighted by atomic mass is 127. The molecule has 3 heterocycles. The third-order valence-electron chi connectivity index (χ3n) is 5.98. The number of halogens is 4. The SMILES string of the molecule is CCc1c(Br)c(I)c(Br)c(-n2cc(-c3cn([C@H]4C[C@@H](O)C(COP(=O)(O)OP(=O)(O)OP(=O)(O)O)O4)c(=O)[nH]c3=O)nn2)c1Br. The highest BCUT2D eigenvalue weighted by Crippen LogP contribution is 2.66. The number of aromatic amines is 1. The maximum atomic E-state index is 12.8. The minimum Gasteiger partial charge on any atom is -0.390 e. The van der Waals surface area contributed by atoms with Crippen LogP contribution in [0.1, 0.15) is 25.1 Å². The number of aromatic nitrogens is 5. The van der Waals surface area contributed by atoms with Crippen molar-refractivity contribution in [3.8, 4) is 16.9 Å². The number of hydrogen-bond acceptors (Lipinski definition) is 12. The van der Waals surface area contributed by atoms with Crippen LogP contribution in [0.2, 0.25) is 0 Å². The summed E-state index contributed by atoms with van der Waals surface area (Å²) in [5.74, 6) is 0. The molecule has 1 saturated heterocycles. The molecule has 5 atom stereocenters. The van der Waals surface area contributed by atoms with Gasteiger partial charge in [-0.25, -0.2) is 23.2 Å². The molecular weight excluding hydrogens is 982 g/mol. The molecule has 45 heavy (non-hydrogen) atoms. The van der Waals surface area contributed by atoms with Gasteiger partial charge in [-0.15, -0.1) is 5.10 Å². The standard InChI is InChI=1S/C19H20Br3IN5O14P3/c1-2-7-13(20)16(23)15(22)17(14(7)21)28-5-9(25-26-28)8-4-27(19(31)24-18(8)30)12-3-10(29)11(40-12)6-39-44(35,36)42-45(37,38)41-43(32,33)34/h4-5,10-12,29H,2-3,6H2,1H3,(H,35,36)(H,37,38)(H,24,30,31)(H2,32,33,34)/t10-,11?,12-/m1/s1. The Labute approximate surface area is 290 Å². The van der Waals surface area contributed by atoms with Gasteiger partial charge in [0.2, 0.25) is 0 Å². The maximum Gasteiger partial charge on any atom is 0.490 e. The number of aliphatic hydroxyl groups excluding tert-OH is 1. The lowest BCUT2D eigenvalue weighted by Gasteiger charge is -2.19. The monoisotopic (exact) mass is 999 g/mol. The molecule has 26 heteroatoms. The highest BCUT2D eigenvalue weighted by Gasteiger charge is 2.43. The number of nitrogens with one attached hydrogen (secondary N) is 1. The number of hydrogen-bond donors (Lipinski definition) is 6. The largest absolute Gasteiger partial charge is 0.490 e. The zero-order chi connectivity index (χ0) is 33.6. The molecule has 1 fully saturated rings. The second-order valence-corrected chi connectivity index (χ2v) is 16.9. The minimum absolute atomic E-state index is 0.0718. The summed E-state index contributed by atoms with van der Waals surface area (Å²) in [5.41, 5.74) is -0.191. The van der Waals surface area contributed by atoms with Crippen LogP contribution in [0.5, 0.6) is 0 Å². The second kappa shape index (κ2) is 14.2. The fraction of sp³-hybridized carbons (Fsp3) is 0.368. The first-order valence-corrected chi connectivity index (χ1v) is 20.0. The van der Waals surface area contributed by atoms with Crippen LogP contribution in [0.25, 0.3) is 16.9 Å². The van der Waals surface area contributed by atoms with Gasteiger partial charge in [0.05, 0.1) is 34.6 Å². The van der Waals surface area contributed by atoms with Crippen LogP contribution in [-0.4, -0.2) is 68.0 Å². The summed E-state index contributed by atoms with van der Waals surface area (Å²) < 4.78 is 57.2. The fourth-order valence-corrected chi connectivity index (χ4v) is 10.6. The van der Waals surface area contributed by atoms with Crippen molar-refractivity contribution in [3.63, 3.8) is 0 Å².